The van der Waals surface area contributed by atoms with Gasteiger partial charge >= 0.3 is 0 Å². The first-order valence-corrected chi connectivity index (χ1v) is 7.22. The molecule has 1 aliphatic carbocycles. The van der Waals surface area contributed by atoms with E-state index in [-0.39, 0.29) is 0 Å². The van der Waals surface area contributed by atoms with Crippen LogP contribution in [0.4, 0.5) is 0 Å². The molecular weight excluding hydrogens is 262 g/mol. The van der Waals surface area contributed by atoms with Gasteiger partial charge in [-0.3, -0.25) is 4.68 Å². The summed E-state index contributed by atoms with van der Waals surface area (Å²) >= 11 is 0. The lowest BCUT2D eigenvalue weighted by Gasteiger charge is -2.36. The largest absolute Gasteiger partial charge is 0.387 e. The van der Waals surface area contributed by atoms with E-state index in [0.717, 1.165) is 17.7 Å². The fourth-order valence-electron chi connectivity index (χ4n) is 3.33. The van der Waals surface area contributed by atoms with E-state index >= 15 is 0 Å². The number of aliphatic hydroxyl groups excluding tert-OH is 1. The van der Waals surface area contributed by atoms with E-state index in [4.69, 9.17) is 0 Å². The Balaban J connectivity index is 1.99. The van der Waals surface area contributed by atoms with Crippen molar-refractivity contribution >= 4 is 0 Å². The molecule has 0 fully saturated rings. The highest BCUT2D eigenvalue weighted by molar-refractivity contribution is 5.35. The lowest BCUT2D eigenvalue weighted by Crippen LogP contribution is -2.34. The van der Waals surface area contributed by atoms with Crippen molar-refractivity contribution in [3.63, 3.8) is 0 Å². The second-order valence-corrected chi connectivity index (χ2v) is 5.96. The lowest BCUT2D eigenvalue weighted by molar-refractivity contribution is 0.0520. The molecule has 0 saturated carbocycles. The molecule has 0 radical (unpaired) electrons. The van der Waals surface area contributed by atoms with Crippen LogP contribution in [0.5, 0.6) is 0 Å². The fourth-order valence-corrected chi connectivity index (χ4v) is 3.33. The summed E-state index contributed by atoms with van der Waals surface area (Å²) in [6, 6.07) is 10.6. The maximum absolute atomic E-state index is 10.8. The van der Waals surface area contributed by atoms with Gasteiger partial charge in [-0.25, -0.2) is 0 Å². The number of nitriles is 1. The minimum atomic E-state index is -0.801. The van der Waals surface area contributed by atoms with E-state index < -0.39 is 11.5 Å². The molecule has 0 bridgehead atoms. The third kappa shape index (κ3) is 2.24. The Morgan fingerprint density at radius 3 is 2.71 bits per heavy atom. The van der Waals surface area contributed by atoms with Crippen LogP contribution < -0.4 is 0 Å². The summed E-state index contributed by atoms with van der Waals surface area (Å²) in [4.78, 5) is 0. The van der Waals surface area contributed by atoms with E-state index in [9.17, 15) is 10.4 Å². The number of rotatable bonds is 2. The van der Waals surface area contributed by atoms with Crippen molar-refractivity contribution in [2.45, 2.75) is 32.3 Å². The number of nitrogens with zero attached hydrogens (tertiary/aromatic N) is 3. The second kappa shape index (κ2) is 5.01. The SMILES string of the molecule is Cc1nn(C)cc1C(O)C1(C#N)CCc2ccccc2C1. The zero-order valence-corrected chi connectivity index (χ0v) is 12.4. The minimum Gasteiger partial charge on any atom is -0.387 e. The number of aromatic nitrogens is 2. The Labute approximate surface area is 124 Å². The van der Waals surface area contributed by atoms with Crippen molar-refractivity contribution in [2.75, 3.05) is 0 Å². The number of aliphatic hydroxyl groups is 1. The molecule has 2 unspecified atom stereocenters. The Bertz CT molecular complexity index is 713. The first-order chi connectivity index (χ1) is 10.1. The summed E-state index contributed by atoms with van der Waals surface area (Å²) in [6.45, 7) is 1.88. The van der Waals surface area contributed by atoms with Gasteiger partial charge in [0.1, 0.15) is 6.10 Å². The molecule has 0 aliphatic heterocycles. The monoisotopic (exact) mass is 281 g/mol. The molecule has 2 atom stereocenters. The molecule has 1 aliphatic rings. The Hall–Kier alpha value is -2.12. The molecule has 21 heavy (non-hydrogen) atoms. The van der Waals surface area contributed by atoms with Crippen LogP contribution in [0.25, 0.3) is 0 Å². The summed E-state index contributed by atoms with van der Waals surface area (Å²) in [7, 11) is 1.83. The summed E-state index contributed by atoms with van der Waals surface area (Å²) < 4.78 is 1.69. The molecule has 0 saturated heterocycles. The number of benzene rings is 1. The highest BCUT2D eigenvalue weighted by Crippen LogP contribution is 2.44. The Kier molecular flexibility index (Phi) is 3.30. The summed E-state index contributed by atoms with van der Waals surface area (Å²) in [5.41, 5.74) is 3.25. The molecule has 0 spiro atoms. The smallest absolute Gasteiger partial charge is 0.101 e. The van der Waals surface area contributed by atoms with Gasteiger partial charge in [-0.2, -0.15) is 10.4 Å². The predicted octanol–water partition coefficient (Wildman–Crippen LogP) is 2.46. The summed E-state index contributed by atoms with van der Waals surface area (Å²) in [5, 5.41) is 24.9. The zero-order chi connectivity index (χ0) is 15.0. The van der Waals surface area contributed by atoms with Gasteiger partial charge in [-0.1, -0.05) is 24.3 Å². The third-order valence-electron chi connectivity index (χ3n) is 4.56. The molecule has 1 aromatic carbocycles. The maximum atomic E-state index is 10.8. The van der Waals surface area contributed by atoms with E-state index in [2.05, 4.69) is 23.3 Å². The molecular formula is C17H19N3O. The van der Waals surface area contributed by atoms with E-state index in [1.807, 2.05) is 32.3 Å². The molecule has 1 heterocycles. The van der Waals surface area contributed by atoms with Crippen LogP contribution in [-0.4, -0.2) is 14.9 Å². The average Bonchev–Trinajstić information content (AvgIpc) is 2.84. The summed E-state index contributed by atoms with van der Waals surface area (Å²) in [6.07, 6.45) is 3.12. The molecule has 3 rings (SSSR count). The first kappa shape index (κ1) is 13.8. The zero-order valence-electron chi connectivity index (χ0n) is 12.4. The number of hydrogen-bond acceptors (Lipinski definition) is 3. The second-order valence-electron chi connectivity index (χ2n) is 5.96. The Morgan fingerprint density at radius 2 is 2.10 bits per heavy atom. The van der Waals surface area contributed by atoms with Crippen molar-refractivity contribution in [2.24, 2.45) is 12.5 Å². The van der Waals surface area contributed by atoms with Crippen LogP contribution in [0.3, 0.4) is 0 Å². The van der Waals surface area contributed by atoms with Crippen molar-refractivity contribution in [3.05, 3.63) is 52.8 Å². The fraction of sp³-hybridized carbons (Fsp3) is 0.412. The molecule has 2 aromatic rings. The molecule has 1 N–H and O–H groups in total. The van der Waals surface area contributed by atoms with Crippen LogP contribution in [0, 0.1) is 23.7 Å². The minimum absolute atomic E-state index is 0.592. The predicted molar refractivity (Wildman–Crippen MR) is 79.4 cm³/mol. The van der Waals surface area contributed by atoms with Gasteiger partial charge in [-0.15, -0.1) is 0 Å². The highest BCUT2D eigenvalue weighted by Gasteiger charge is 2.43. The number of hydrogen-bond donors (Lipinski definition) is 1. The maximum Gasteiger partial charge on any atom is 0.101 e. The lowest BCUT2D eigenvalue weighted by atomic mass is 9.67. The number of fused-ring (bicyclic) bond motifs is 1. The first-order valence-electron chi connectivity index (χ1n) is 7.22. The van der Waals surface area contributed by atoms with Gasteiger partial charge in [0, 0.05) is 18.8 Å². The van der Waals surface area contributed by atoms with Crippen LogP contribution >= 0.6 is 0 Å². The highest BCUT2D eigenvalue weighted by atomic mass is 16.3. The summed E-state index contributed by atoms with van der Waals surface area (Å²) in [5.74, 6) is 0. The average molecular weight is 281 g/mol. The quantitative estimate of drug-likeness (QED) is 0.919. The van der Waals surface area contributed by atoms with Gasteiger partial charge in [-0.05, 0) is 37.3 Å². The van der Waals surface area contributed by atoms with Gasteiger partial charge < -0.3 is 5.11 Å². The van der Waals surface area contributed by atoms with Crippen molar-refractivity contribution in [1.82, 2.24) is 9.78 Å². The molecule has 1 aromatic heterocycles. The Morgan fingerprint density at radius 1 is 1.38 bits per heavy atom. The van der Waals surface area contributed by atoms with Gasteiger partial charge in [0.15, 0.2) is 0 Å². The van der Waals surface area contributed by atoms with E-state index in [1.54, 1.807) is 4.68 Å². The van der Waals surface area contributed by atoms with Crippen LogP contribution in [0.1, 0.15) is 34.9 Å². The number of aryl methyl sites for hydroxylation is 3. The van der Waals surface area contributed by atoms with Crippen molar-refractivity contribution < 1.29 is 5.11 Å². The molecule has 0 amide bonds. The molecule has 4 nitrogen and oxygen atoms in total. The molecule has 108 valence electrons. The van der Waals surface area contributed by atoms with Crippen molar-refractivity contribution in [1.29, 1.82) is 5.26 Å². The van der Waals surface area contributed by atoms with Gasteiger partial charge in [0.2, 0.25) is 0 Å². The van der Waals surface area contributed by atoms with Crippen LogP contribution in [0.15, 0.2) is 30.5 Å². The van der Waals surface area contributed by atoms with Crippen molar-refractivity contribution in [3.8, 4) is 6.07 Å². The normalized spacial score (nSPS) is 22.4. The van der Waals surface area contributed by atoms with Gasteiger partial charge in [0.05, 0.1) is 17.2 Å². The van der Waals surface area contributed by atoms with E-state index in [1.165, 1.54) is 11.1 Å². The van der Waals surface area contributed by atoms with E-state index in [0.29, 0.717) is 12.8 Å². The topological polar surface area (TPSA) is 61.8 Å². The van der Waals surface area contributed by atoms with Crippen LogP contribution in [0.2, 0.25) is 0 Å². The molecule has 4 heteroatoms. The standard InChI is InChI=1S/C17H19N3O/c1-12-15(10-20(2)19-12)16(21)17(11-18)8-7-13-5-3-4-6-14(13)9-17/h3-6,10,16,21H,7-9H2,1-2H3. The van der Waals surface area contributed by atoms with Gasteiger partial charge in [0.25, 0.3) is 0 Å². The van der Waals surface area contributed by atoms with Crippen LogP contribution in [-0.2, 0) is 19.9 Å². The third-order valence-corrected chi connectivity index (χ3v) is 4.56.